The molecular weight excluding hydrogens is 259 g/mol. The Morgan fingerprint density at radius 2 is 2.10 bits per heavy atom. The molecule has 0 atom stereocenters. The summed E-state index contributed by atoms with van der Waals surface area (Å²) in [6.07, 6.45) is 1.11. The largest absolute Gasteiger partial charge is 0.334 e. The van der Waals surface area contributed by atoms with Crippen molar-refractivity contribution in [2.24, 2.45) is 5.73 Å². The van der Waals surface area contributed by atoms with E-state index < -0.39 is 5.82 Å². The third-order valence-electron chi connectivity index (χ3n) is 2.79. The van der Waals surface area contributed by atoms with Gasteiger partial charge in [0.1, 0.15) is 11.5 Å². The summed E-state index contributed by atoms with van der Waals surface area (Å²) in [6, 6.07) is 10.3. The summed E-state index contributed by atoms with van der Waals surface area (Å²) in [5.41, 5.74) is 7.81. The number of aromatic nitrogens is 3. The molecule has 3 rings (SSSR count). The van der Waals surface area contributed by atoms with E-state index in [1.165, 1.54) is 12.1 Å². The van der Waals surface area contributed by atoms with Crippen LogP contribution < -0.4 is 5.73 Å². The van der Waals surface area contributed by atoms with Crippen LogP contribution in [0.15, 0.2) is 47.1 Å². The Morgan fingerprint density at radius 3 is 2.85 bits per heavy atom. The summed E-state index contributed by atoms with van der Waals surface area (Å²) in [4.78, 5) is 8.16. The Labute approximate surface area is 114 Å². The maximum absolute atomic E-state index is 12.8. The molecule has 2 N–H and O–H groups in total. The number of rotatable bonds is 3. The molecule has 2 aromatic heterocycles. The highest BCUT2D eigenvalue weighted by Gasteiger charge is 2.11. The molecule has 5 nitrogen and oxygen atoms in total. The molecule has 0 aliphatic carbocycles. The Balaban J connectivity index is 1.95. The van der Waals surface area contributed by atoms with Gasteiger partial charge in [-0.3, -0.25) is 0 Å². The van der Waals surface area contributed by atoms with Crippen LogP contribution in [0.5, 0.6) is 0 Å². The van der Waals surface area contributed by atoms with Crippen LogP contribution in [0.3, 0.4) is 0 Å². The van der Waals surface area contributed by atoms with Gasteiger partial charge in [0.2, 0.25) is 5.82 Å². The van der Waals surface area contributed by atoms with Gasteiger partial charge in [-0.05, 0) is 29.8 Å². The second-order valence-electron chi connectivity index (χ2n) is 4.19. The number of nitrogens with zero attached hydrogens (tertiary/aromatic N) is 3. The summed E-state index contributed by atoms with van der Waals surface area (Å²) in [5.74, 6) is 0.285. The molecule has 0 aliphatic heterocycles. The fraction of sp³-hybridized carbons (Fsp3) is 0.0714. The quantitative estimate of drug-likeness (QED) is 0.790. The average Bonchev–Trinajstić information content (AvgIpc) is 2.98. The number of hydrogen-bond donors (Lipinski definition) is 1. The smallest absolute Gasteiger partial charge is 0.258 e. The second-order valence-corrected chi connectivity index (χ2v) is 4.19. The second kappa shape index (κ2) is 5.18. The molecular formula is C14H11FN4O. The van der Waals surface area contributed by atoms with E-state index in [1.54, 1.807) is 0 Å². The van der Waals surface area contributed by atoms with Crippen molar-refractivity contribution in [3.63, 3.8) is 0 Å². The molecule has 0 bridgehead atoms. The maximum atomic E-state index is 12.8. The van der Waals surface area contributed by atoms with E-state index in [0.29, 0.717) is 24.0 Å². The molecule has 0 saturated carbocycles. The molecule has 0 fully saturated rings. The van der Waals surface area contributed by atoms with E-state index in [2.05, 4.69) is 15.1 Å². The highest BCUT2D eigenvalue weighted by atomic mass is 19.1. The molecule has 0 spiro atoms. The third kappa shape index (κ3) is 2.41. The Hall–Kier alpha value is -2.60. The SMILES string of the molecule is NCc1cccc(-c2nc(-c3ccc(F)cn3)no2)c1. The van der Waals surface area contributed by atoms with Gasteiger partial charge in [0.15, 0.2) is 0 Å². The van der Waals surface area contributed by atoms with Crippen molar-refractivity contribution in [2.45, 2.75) is 6.54 Å². The van der Waals surface area contributed by atoms with E-state index in [9.17, 15) is 4.39 Å². The summed E-state index contributed by atoms with van der Waals surface area (Å²) < 4.78 is 18.0. The molecule has 20 heavy (non-hydrogen) atoms. The van der Waals surface area contributed by atoms with E-state index in [0.717, 1.165) is 17.3 Å². The summed E-state index contributed by atoms with van der Waals surface area (Å²) in [7, 11) is 0. The number of benzene rings is 1. The van der Waals surface area contributed by atoms with Crippen LogP contribution in [0, 0.1) is 5.82 Å². The first-order chi connectivity index (χ1) is 9.76. The van der Waals surface area contributed by atoms with Gasteiger partial charge in [0.25, 0.3) is 5.89 Å². The van der Waals surface area contributed by atoms with Gasteiger partial charge in [0.05, 0.1) is 6.20 Å². The minimum Gasteiger partial charge on any atom is -0.334 e. The zero-order valence-corrected chi connectivity index (χ0v) is 10.5. The zero-order chi connectivity index (χ0) is 13.9. The van der Waals surface area contributed by atoms with Crippen molar-refractivity contribution in [1.82, 2.24) is 15.1 Å². The zero-order valence-electron chi connectivity index (χ0n) is 10.5. The van der Waals surface area contributed by atoms with Crippen molar-refractivity contribution in [3.8, 4) is 23.0 Å². The fourth-order valence-electron chi connectivity index (χ4n) is 1.78. The lowest BCUT2D eigenvalue weighted by molar-refractivity contribution is 0.432. The van der Waals surface area contributed by atoms with Crippen molar-refractivity contribution < 1.29 is 8.91 Å². The van der Waals surface area contributed by atoms with Crippen LogP contribution in [-0.4, -0.2) is 15.1 Å². The lowest BCUT2D eigenvalue weighted by Crippen LogP contribution is -1.95. The monoisotopic (exact) mass is 270 g/mol. The number of halogens is 1. The maximum Gasteiger partial charge on any atom is 0.258 e. The van der Waals surface area contributed by atoms with E-state index in [-0.39, 0.29) is 0 Å². The van der Waals surface area contributed by atoms with Crippen molar-refractivity contribution in [2.75, 3.05) is 0 Å². The number of nitrogens with two attached hydrogens (primary N) is 1. The summed E-state index contributed by atoms with van der Waals surface area (Å²) >= 11 is 0. The van der Waals surface area contributed by atoms with E-state index in [4.69, 9.17) is 10.3 Å². The van der Waals surface area contributed by atoms with E-state index >= 15 is 0 Å². The van der Waals surface area contributed by atoms with Crippen LogP contribution in [0.4, 0.5) is 4.39 Å². The van der Waals surface area contributed by atoms with Gasteiger partial charge in [0, 0.05) is 12.1 Å². The average molecular weight is 270 g/mol. The predicted molar refractivity (Wildman–Crippen MR) is 70.8 cm³/mol. The van der Waals surface area contributed by atoms with Crippen LogP contribution in [0.2, 0.25) is 0 Å². The summed E-state index contributed by atoms with van der Waals surface area (Å²) in [6.45, 7) is 0.439. The number of hydrogen-bond acceptors (Lipinski definition) is 5. The topological polar surface area (TPSA) is 77.8 Å². The van der Waals surface area contributed by atoms with Crippen molar-refractivity contribution in [3.05, 3.63) is 54.0 Å². The highest BCUT2D eigenvalue weighted by Crippen LogP contribution is 2.21. The summed E-state index contributed by atoms with van der Waals surface area (Å²) in [5, 5.41) is 3.85. The lowest BCUT2D eigenvalue weighted by Gasteiger charge is -1.98. The lowest BCUT2D eigenvalue weighted by atomic mass is 10.1. The fourth-order valence-corrected chi connectivity index (χ4v) is 1.78. The van der Waals surface area contributed by atoms with Gasteiger partial charge >= 0.3 is 0 Å². The first kappa shape index (κ1) is 12.4. The first-order valence-corrected chi connectivity index (χ1v) is 6.01. The van der Waals surface area contributed by atoms with Crippen LogP contribution in [0.1, 0.15) is 5.56 Å². The van der Waals surface area contributed by atoms with Gasteiger partial charge < -0.3 is 10.3 Å². The Kier molecular flexibility index (Phi) is 3.22. The van der Waals surface area contributed by atoms with Crippen LogP contribution in [-0.2, 0) is 6.54 Å². The molecule has 0 unspecified atom stereocenters. The molecule has 0 radical (unpaired) electrons. The molecule has 0 aliphatic rings. The highest BCUT2D eigenvalue weighted by molar-refractivity contribution is 5.58. The van der Waals surface area contributed by atoms with Crippen LogP contribution in [0.25, 0.3) is 23.0 Å². The van der Waals surface area contributed by atoms with Crippen molar-refractivity contribution in [1.29, 1.82) is 0 Å². The predicted octanol–water partition coefficient (Wildman–Crippen LogP) is 2.40. The van der Waals surface area contributed by atoms with E-state index in [1.807, 2.05) is 24.3 Å². The molecule has 2 heterocycles. The standard InChI is InChI=1S/C14H11FN4O/c15-11-4-5-12(17-8-11)13-18-14(20-19-13)10-3-1-2-9(6-10)7-16/h1-6,8H,7,16H2. The van der Waals surface area contributed by atoms with Crippen LogP contribution >= 0.6 is 0 Å². The minimum atomic E-state index is -0.409. The van der Waals surface area contributed by atoms with Gasteiger partial charge in [-0.2, -0.15) is 4.98 Å². The molecule has 3 aromatic rings. The molecule has 6 heteroatoms. The number of pyridine rings is 1. The van der Waals surface area contributed by atoms with Gasteiger partial charge in [-0.1, -0.05) is 17.3 Å². The molecule has 100 valence electrons. The molecule has 0 saturated heterocycles. The Morgan fingerprint density at radius 1 is 1.20 bits per heavy atom. The third-order valence-corrected chi connectivity index (χ3v) is 2.79. The first-order valence-electron chi connectivity index (χ1n) is 6.01. The molecule has 0 amide bonds. The normalized spacial score (nSPS) is 10.7. The van der Waals surface area contributed by atoms with Crippen molar-refractivity contribution >= 4 is 0 Å². The van der Waals surface area contributed by atoms with Gasteiger partial charge in [-0.25, -0.2) is 9.37 Å². The molecule has 1 aromatic carbocycles. The van der Waals surface area contributed by atoms with Gasteiger partial charge in [-0.15, -0.1) is 0 Å². The minimum absolute atomic E-state index is 0.318. The Bertz CT molecular complexity index is 724.